The molecule has 0 saturated carbocycles. The second kappa shape index (κ2) is 8.15. The predicted molar refractivity (Wildman–Crippen MR) is 115 cm³/mol. The van der Waals surface area contributed by atoms with E-state index in [1.165, 1.54) is 5.56 Å². The van der Waals surface area contributed by atoms with Gasteiger partial charge in [0, 0.05) is 11.1 Å². The summed E-state index contributed by atoms with van der Waals surface area (Å²) < 4.78 is 0. The summed E-state index contributed by atoms with van der Waals surface area (Å²) in [4.78, 5) is 12.2. The van der Waals surface area contributed by atoms with E-state index in [1.54, 1.807) is 0 Å². The molecule has 0 bridgehead atoms. The number of hydrogen-bond acceptors (Lipinski definition) is 3. The van der Waals surface area contributed by atoms with Crippen molar-refractivity contribution in [3.8, 4) is 22.5 Å². The molecule has 0 spiro atoms. The van der Waals surface area contributed by atoms with E-state index in [2.05, 4.69) is 67.5 Å². The quantitative estimate of drug-likeness (QED) is 0.470. The number of benzene rings is 3. The van der Waals surface area contributed by atoms with Crippen LogP contribution in [0.5, 0.6) is 0 Å². The summed E-state index contributed by atoms with van der Waals surface area (Å²) in [6.45, 7) is 0. The molecule has 3 nitrogen and oxygen atoms in total. The van der Waals surface area contributed by atoms with Crippen molar-refractivity contribution in [3.05, 3.63) is 108 Å². The molecule has 4 rings (SSSR count). The second-order valence-corrected chi connectivity index (χ2v) is 7.00. The van der Waals surface area contributed by atoms with Crippen molar-refractivity contribution in [2.75, 3.05) is 14.1 Å². The fraction of sp³-hybridized carbons (Fsp3) is 0.120. The van der Waals surface area contributed by atoms with Gasteiger partial charge in [-0.25, -0.2) is 4.98 Å². The Labute approximate surface area is 166 Å². The third-order valence-electron chi connectivity index (χ3n) is 4.80. The minimum absolute atomic E-state index is 0.0426. The minimum Gasteiger partial charge on any atom is -0.297 e. The van der Waals surface area contributed by atoms with Crippen molar-refractivity contribution < 1.29 is 0 Å². The van der Waals surface area contributed by atoms with E-state index in [1.807, 2.05) is 48.7 Å². The van der Waals surface area contributed by atoms with Gasteiger partial charge in [-0.15, -0.1) is 0 Å². The van der Waals surface area contributed by atoms with Gasteiger partial charge in [-0.3, -0.25) is 9.88 Å². The summed E-state index contributed by atoms with van der Waals surface area (Å²) in [7, 11) is 4.15. The van der Waals surface area contributed by atoms with Gasteiger partial charge in [0.1, 0.15) is 0 Å². The molecule has 1 aromatic heterocycles. The Balaban J connectivity index is 1.89. The lowest BCUT2D eigenvalue weighted by atomic mass is 10.0. The van der Waals surface area contributed by atoms with E-state index in [4.69, 9.17) is 9.97 Å². The van der Waals surface area contributed by atoms with Crippen molar-refractivity contribution in [2.45, 2.75) is 6.04 Å². The Hall–Kier alpha value is -3.30. The molecule has 0 radical (unpaired) electrons. The number of rotatable bonds is 5. The van der Waals surface area contributed by atoms with Crippen molar-refractivity contribution in [3.63, 3.8) is 0 Å². The van der Waals surface area contributed by atoms with Crippen LogP contribution in [0.1, 0.15) is 17.3 Å². The molecule has 1 heterocycles. The van der Waals surface area contributed by atoms with Crippen LogP contribution in [0, 0.1) is 0 Å². The molecule has 4 aromatic rings. The molecule has 138 valence electrons. The summed E-state index contributed by atoms with van der Waals surface area (Å²) in [5.41, 5.74) is 6.10. The molecule has 3 heteroatoms. The Kier molecular flexibility index (Phi) is 5.27. The standard InChI is InChI=1S/C25H23N3/c1-28(2)25(21-16-10-5-11-17-21)22-18-26-23(19-12-6-3-7-13-19)24(27-22)20-14-8-4-9-15-20/h3-18,25H,1-2H3. The lowest BCUT2D eigenvalue weighted by molar-refractivity contribution is 0.336. The molecule has 0 aliphatic heterocycles. The normalized spacial score (nSPS) is 12.1. The first kappa shape index (κ1) is 18.1. The second-order valence-electron chi connectivity index (χ2n) is 7.00. The van der Waals surface area contributed by atoms with E-state index < -0.39 is 0 Å². The highest BCUT2D eigenvalue weighted by Crippen LogP contribution is 2.32. The van der Waals surface area contributed by atoms with Gasteiger partial charge in [-0.1, -0.05) is 91.0 Å². The number of aromatic nitrogens is 2. The zero-order valence-electron chi connectivity index (χ0n) is 16.2. The van der Waals surface area contributed by atoms with Crippen molar-refractivity contribution in [2.24, 2.45) is 0 Å². The van der Waals surface area contributed by atoms with Gasteiger partial charge < -0.3 is 0 Å². The van der Waals surface area contributed by atoms with Crippen LogP contribution in [0.25, 0.3) is 22.5 Å². The Morgan fingerprint density at radius 2 is 1.14 bits per heavy atom. The van der Waals surface area contributed by atoms with Gasteiger partial charge in [-0.05, 0) is 19.7 Å². The topological polar surface area (TPSA) is 29.0 Å². The molecule has 0 amide bonds. The Bertz CT molecular complexity index is 1030. The van der Waals surface area contributed by atoms with Crippen LogP contribution in [0.15, 0.2) is 97.2 Å². The maximum atomic E-state index is 5.11. The molecule has 3 aromatic carbocycles. The van der Waals surface area contributed by atoms with Crippen molar-refractivity contribution in [1.29, 1.82) is 0 Å². The molecule has 0 aliphatic rings. The molecule has 0 aliphatic carbocycles. The molecule has 1 unspecified atom stereocenters. The van der Waals surface area contributed by atoms with Crippen LogP contribution in [0.3, 0.4) is 0 Å². The van der Waals surface area contributed by atoms with E-state index in [-0.39, 0.29) is 6.04 Å². The van der Waals surface area contributed by atoms with Gasteiger partial charge in [0.2, 0.25) is 0 Å². The Morgan fingerprint density at radius 1 is 0.643 bits per heavy atom. The average molecular weight is 365 g/mol. The number of hydrogen-bond donors (Lipinski definition) is 0. The summed E-state index contributed by atoms with van der Waals surface area (Å²) in [5.74, 6) is 0. The van der Waals surface area contributed by atoms with Crippen molar-refractivity contribution >= 4 is 0 Å². The maximum absolute atomic E-state index is 5.11. The molecule has 0 N–H and O–H groups in total. The largest absolute Gasteiger partial charge is 0.297 e. The van der Waals surface area contributed by atoms with E-state index in [0.717, 1.165) is 28.2 Å². The predicted octanol–water partition coefficient (Wildman–Crippen LogP) is 5.46. The fourth-order valence-corrected chi connectivity index (χ4v) is 3.51. The SMILES string of the molecule is CN(C)C(c1ccccc1)c1cnc(-c2ccccc2)c(-c2ccccc2)n1. The van der Waals surface area contributed by atoms with Crippen LogP contribution in [-0.4, -0.2) is 29.0 Å². The van der Waals surface area contributed by atoms with Crippen LogP contribution in [0.4, 0.5) is 0 Å². The molecule has 1 atom stereocenters. The highest BCUT2D eigenvalue weighted by Gasteiger charge is 2.21. The summed E-state index contributed by atoms with van der Waals surface area (Å²) in [5, 5.41) is 0. The smallest absolute Gasteiger partial charge is 0.0969 e. The van der Waals surface area contributed by atoms with Crippen LogP contribution in [0.2, 0.25) is 0 Å². The van der Waals surface area contributed by atoms with E-state index in [0.29, 0.717) is 0 Å². The first-order valence-corrected chi connectivity index (χ1v) is 9.43. The molecule has 28 heavy (non-hydrogen) atoms. The first-order valence-electron chi connectivity index (χ1n) is 9.43. The summed E-state index contributed by atoms with van der Waals surface area (Å²) in [6.07, 6.45) is 1.91. The van der Waals surface area contributed by atoms with Gasteiger partial charge in [0.15, 0.2) is 0 Å². The third-order valence-corrected chi connectivity index (χ3v) is 4.80. The zero-order chi connectivity index (χ0) is 19.3. The zero-order valence-corrected chi connectivity index (χ0v) is 16.2. The van der Waals surface area contributed by atoms with Crippen molar-refractivity contribution in [1.82, 2.24) is 14.9 Å². The van der Waals surface area contributed by atoms with Gasteiger partial charge >= 0.3 is 0 Å². The van der Waals surface area contributed by atoms with Gasteiger partial charge in [0.05, 0.1) is 29.3 Å². The monoisotopic (exact) mass is 365 g/mol. The highest BCUT2D eigenvalue weighted by atomic mass is 15.1. The lowest BCUT2D eigenvalue weighted by Crippen LogP contribution is -2.22. The molecular weight excluding hydrogens is 342 g/mol. The van der Waals surface area contributed by atoms with Gasteiger partial charge in [0.25, 0.3) is 0 Å². The Morgan fingerprint density at radius 3 is 1.68 bits per heavy atom. The minimum atomic E-state index is 0.0426. The van der Waals surface area contributed by atoms with E-state index >= 15 is 0 Å². The average Bonchev–Trinajstić information content (AvgIpc) is 2.75. The summed E-state index contributed by atoms with van der Waals surface area (Å²) in [6, 6.07) is 31.0. The molecular formula is C25H23N3. The summed E-state index contributed by atoms with van der Waals surface area (Å²) >= 11 is 0. The van der Waals surface area contributed by atoms with Crippen LogP contribution >= 0.6 is 0 Å². The maximum Gasteiger partial charge on any atom is 0.0969 e. The third kappa shape index (κ3) is 3.71. The highest BCUT2D eigenvalue weighted by molar-refractivity contribution is 5.77. The first-order chi connectivity index (χ1) is 13.7. The lowest BCUT2D eigenvalue weighted by Gasteiger charge is -2.25. The number of nitrogens with zero attached hydrogens (tertiary/aromatic N) is 3. The van der Waals surface area contributed by atoms with Crippen LogP contribution < -0.4 is 0 Å². The fourth-order valence-electron chi connectivity index (χ4n) is 3.51. The van der Waals surface area contributed by atoms with E-state index in [9.17, 15) is 0 Å². The van der Waals surface area contributed by atoms with Crippen LogP contribution in [-0.2, 0) is 0 Å². The molecule has 0 saturated heterocycles. The van der Waals surface area contributed by atoms with Gasteiger partial charge in [-0.2, -0.15) is 0 Å². The molecule has 0 fully saturated rings.